The van der Waals surface area contributed by atoms with Gasteiger partial charge < -0.3 is 15.4 Å². The highest BCUT2D eigenvalue weighted by atomic mass is 16.5. The Bertz CT molecular complexity index is 447. The van der Waals surface area contributed by atoms with Gasteiger partial charge in [0.25, 0.3) is 5.91 Å². The Morgan fingerprint density at radius 1 is 1.43 bits per heavy atom. The lowest BCUT2D eigenvalue weighted by Crippen LogP contribution is -2.32. The van der Waals surface area contributed by atoms with Gasteiger partial charge in [0.2, 0.25) is 0 Å². The first-order valence-corrected chi connectivity index (χ1v) is 7.84. The molecule has 21 heavy (non-hydrogen) atoms. The first kappa shape index (κ1) is 15.8. The summed E-state index contributed by atoms with van der Waals surface area (Å²) < 4.78 is 5.63. The predicted octanol–water partition coefficient (Wildman–Crippen LogP) is 2.45. The van der Waals surface area contributed by atoms with Crippen molar-refractivity contribution in [1.29, 1.82) is 0 Å². The highest BCUT2D eigenvalue weighted by Crippen LogP contribution is 2.22. The second kappa shape index (κ2) is 7.98. The standard InChI is InChI=1S/C16H25N3O2/c1-3-8-17-15-6-5-13(11-18-15)16(20)19-10-12-7-9-21-14(12)4-2/h5-6,11-12,14H,3-4,7-10H2,1-2H3,(H,17,18)(H,19,20). The molecule has 0 spiro atoms. The molecule has 0 aliphatic carbocycles. The topological polar surface area (TPSA) is 63.2 Å². The van der Waals surface area contributed by atoms with Crippen molar-refractivity contribution in [3.8, 4) is 0 Å². The van der Waals surface area contributed by atoms with Crippen LogP contribution in [0.1, 0.15) is 43.5 Å². The quantitative estimate of drug-likeness (QED) is 0.810. The third kappa shape index (κ3) is 4.43. The van der Waals surface area contributed by atoms with Crippen molar-refractivity contribution in [2.45, 2.75) is 39.2 Å². The van der Waals surface area contributed by atoms with E-state index in [9.17, 15) is 4.79 Å². The molecule has 2 unspecified atom stereocenters. The average Bonchev–Trinajstić information content (AvgIpc) is 2.98. The average molecular weight is 291 g/mol. The molecule has 0 radical (unpaired) electrons. The summed E-state index contributed by atoms with van der Waals surface area (Å²) in [6.45, 7) is 6.59. The van der Waals surface area contributed by atoms with Crippen LogP contribution in [-0.4, -0.2) is 36.7 Å². The number of hydrogen-bond acceptors (Lipinski definition) is 4. The Morgan fingerprint density at radius 3 is 2.95 bits per heavy atom. The van der Waals surface area contributed by atoms with E-state index in [0.29, 0.717) is 18.0 Å². The van der Waals surface area contributed by atoms with Crippen molar-refractivity contribution in [3.63, 3.8) is 0 Å². The van der Waals surface area contributed by atoms with Crippen LogP contribution >= 0.6 is 0 Å². The van der Waals surface area contributed by atoms with Crippen LogP contribution in [0.25, 0.3) is 0 Å². The molecule has 2 heterocycles. The lowest BCUT2D eigenvalue weighted by molar-refractivity contribution is 0.0827. The van der Waals surface area contributed by atoms with Gasteiger partial charge in [-0.15, -0.1) is 0 Å². The Kier molecular flexibility index (Phi) is 5.99. The van der Waals surface area contributed by atoms with Crippen LogP contribution in [0.5, 0.6) is 0 Å². The van der Waals surface area contributed by atoms with Crippen LogP contribution in [0.3, 0.4) is 0 Å². The van der Waals surface area contributed by atoms with Crippen molar-refractivity contribution in [2.24, 2.45) is 5.92 Å². The summed E-state index contributed by atoms with van der Waals surface area (Å²) in [5.74, 6) is 1.17. The largest absolute Gasteiger partial charge is 0.378 e. The molecule has 1 aromatic rings. The van der Waals surface area contributed by atoms with Gasteiger partial charge in [-0.2, -0.15) is 0 Å². The maximum atomic E-state index is 12.1. The molecule has 2 atom stereocenters. The van der Waals surface area contributed by atoms with Crippen LogP contribution in [0.2, 0.25) is 0 Å². The molecule has 1 amide bonds. The lowest BCUT2D eigenvalue weighted by atomic mass is 9.99. The van der Waals surface area contributed by atoms with Gasteiger partial charge in [-0.05, 0) is 31.4 Å². The molecular formula is C16H25N3O2. The molecule has 0 saturated carbocycles. The maximum absolute atomic E-state index is 12.1. The lowest BCUT2D eigenvalue weighted by Gasteiger charge is -2.17. The summed E-state index contributed by atoms with van der Waals surface area (Å²) in [4.78, 5) is 16.4. The Hall–Kier alpha value is -1.62. The number of anilines is 1. The molecule has 1 aliphatic heterocycles. The summed E-state index contributed by atoms with van der Waals surface area (Å²) in [5, 5.41) is 6.18. The fourth-order valence-electron chi connectivity index (χ4n) is 2.59. The van der Waals surface area contributed by atoms with Crippen LogP contribution < -0.4 is 10.6 Å². The zero-order chi connectivity index (χ0) is 15.1. The van der Waals surface area contributed by atoms with Gasteiger partial charge in [0.05, 0.1) is 11.7 Å². The summed E-state index contributed by atoms with van der Waals surface area (Å²) in [7, 11) is 0. The van der Waals surface area contributed by atoms with E-state index in [1.165, 1.54) is 0 Å². The Labute approximate surface area is 126 Å². The summed E-state index contributed by atoms with van der Waals surface area (Å²) in [6, 6.07) is 3.65. The molecule has 2 N–H and O–H groups in total. The number of nitrogens with one attached hydrogen (secondary N) is 2. The van der Waals surface area contributed by atoms with E-state index in [-0.39, 0.29) is 12.0 Å². The number of nitrogens with zero attached hydrogens (tertiary/aromatic N) is 1. The predicted molar refractivity (Wildman–Crippen MR) is 83.5 cm³/mol. The fourth-order valence-corrected chi connectivity index (χ4v) is 2.59. The van der Waals surface area contributed by atoms with Crippen molar-refractivity contribution in [2.75, 3.05) is 25.0 Å². The van der Waals surface area contributed by atoms with Crippen molar-refractivity contribution in [3.05, 3.63) is 23.9 Å². The number of carbonyl (C=O) groups is 1. The van der Waals surface area contributed by atoms with Crippen LogP contribution in [0.4, 0.5) is 5.82 Å². The normalized spacial score (nSPS) is 21.2. The summed E-state index contributed by atoms with van der Waals surface area (Å²) in [5.41, 5.74) is 0.601. The fraction of sp³-hybridized carbons (Fsp3) is 0.625. The first-order valence-electron chi connectivity index (χ1n) is 7.84. The maximum Gasteiger partial charge on any atom is 0.252 e. The van der Waals surface area contributed by atoms with Gasteiger partial charge >= 0.3 is 0 Å². The molecule has 1 saturated heterocycles. The zero-order valence-corrected chi connectivity index (χ0v) is 12.9. The number of aromatic nitrogens is 1. The van der Waals surface area contributed by atoms with E-state index in [2.05, 4.69) is 29.5 Å². The van der Waals surface area contributed by atoms with Crippen LogP contribution in [0.15, 0.2) is 18.3 Å². The minimum absolute atomic E-state index is 0.0636. The van der Waals surface area contributed by atoms with Crippen LogP contribution in [0, 0.1) is 5.92 Å². The molecule has 116 valence electrons. The third-order valence-electron chi connectivity index (χ3n) is 3.86. The molecule has 5 heteroatoms. The van der Waals surface area contributed by atoms with Gasteiger partial charge in [0, 0.05) is 31.8 Å². The summed E-state index contributed by atoms with van der Waals surface area (Å²) >= 11 is 0. The number of rotatable bonds is 7. The molecule has 1 aromatic heterocycles. The van der Waals surface area contributed by atoms with E-state index in [1.54, 1.807) is 6.20 Å². The summed E-state index contributed by atoms with van der Waals surface area (Å²) in [6.07, 6.45) is 4.97. The Morgan fingerprint density at radius 2 is 2.29 bits per heavy atom. The number of ether oxygens (including phenoxy) is 1. The number of pyridine rings is 1. The minimum atomic E-state index is -0.0636. The van der Waals surface area contributed by atoms with E-state index in [1.807, 2.05) is 12.1 Å². The molecule has 1 aliphatic rings. The van der Waals surface area contributed by atoms with E-state index >= 15 is 0 Å². The molecule has 1 fully saturated rings. The highest BCUT2D eigenvalue weighted by Gasteiger charge is 2.26. The Balaban J connectivity index is 1.82. The second-order valence-corrected chi connectivity index (χ2v) is 5.44. The van der Waals surface area contributed by atoms with Crippen molar-refractivity contribution in [1.82, 2.24) is 10.3 Å². The third-order valence-corrected chi connectivity index (χ3v) is 3.86. The molecule has 5 nitrogen and oxygen atoms in total. The minimum Gasteiger partial charge on any atom is -0.378 e. The van der Waals surface area contributed by atoms with Crippen molar-refractivity contribution < 1.29 is 9.53 Å². The van der Waals surface area contributed by atoms with Gasteiger partial charge in [0.1, 0.15) is 5.82 Å². The van der Waals surface area contributed by atoms with Gasteiger partial charge in [0.15, 0.2) is 0 Å². The van der Waals surface area contributed by atoms with Crippen LogP contribution in [-0.2, 0) is 4.74 Å². The van der Waals surface area contributed by atoms with Gasteiger partial charge in [-0.1, -0.05) is 13.8 Å². The zero-order valence-electron chi connectivity index (χ0n) is 12.9. The SMILES string of the molecule is CCCNc1ccc(C(=O)NCC2CCOC2CC)cn1. The number of hydrogen-bond donors (Lipinski definition) is 2. The molecule has 0 bridgehead atoms. The molecule has 0 aromatic carbocycles. The second-order valence-electron chi connectivity index (χ2n) is 5.44. The molecular weight excluding hydrogens is 266 g/mol. The smallest absolute Gasteiger partial charge is 0.252 e. The molecule has 2 rings (SSSR count). The number of carbonyl (C=O) groups excluding carboxylic acids is 1. The van der Waals surface area contributed by atoms with Gasteiger partial charge in [-0.3, -0.25) is 4.79 Å². The first-order chi connectivity index (χ1) is 10.2. The van der Waals surface area contributed by atoms with Crippen molar-refractivity contribution >= 4 is 11.7 Å². The van der Waals surface area contributed by atoms with E-state index in [0.717, 1.165) is 38.2 Å². The highest BCUT2D eigenvalue weighted by molar-refractivity contribution is 5.94. The number of amides is 1. The monoisotopic (exact) mass is 291 g/mol. The van der Waals surface area contributed by atoms with E-state index < -0.39 is 0 Å². The van der Waals surface area contributed by atoms with E-state index in [4.69, 9.17) is 4.74 Å². The van der Waals surface area contributed by atoms with Gasteiger partial charge in [-0.25, -0.2) is 4.98 Å².